The lowest BCUT2D eigenvalue weighted by Crippen LogP contribution is -2.03. The summed E-state index contributed by atoms with van der Waals surface area (Å²) in [6.07, 6.45) is 1.74. The third-order valence-corrected chi connectivity index (χ3v) is 2.89. The lowest BCUT2D eigenvalue weighted by molar-refractivity contribution is 0.224. The molecule has 2 aromatic rings. The van der Waals surface area contributed by atoms with E-state index in [4.69, 9.17) is 4.74 Å². The first-order valence-electron chi connectivity index (χ1n) is 5.09. The second-order valence-corrected chi connectivity index (χ2v) is 4.21. The van der Waals surface area contributed by atoms with E-state index in [0.717, 1.165) is 15.9 Å². The minimum absolute atomic E-state index is 0.0155. The third-order valence-electron chi connectivity index (χ3n) is 2.30. The maximum Gasteiger partial charge on any atom is 0.152 e. The molecule has 0 aliphatic carbocycles. The van der Waals surface area contributed by atoms with Crippen LogP contribution in [0.1, 0.15) is 18.6 Å². The van der Waals surface area contributed by atoms with Crippen molar-refractivity contribution in [3.8, 4) is 5.75 Å². The molecule has 0 bridgehead atoms. The first-order chi connectivity index (χ1) is 7.77. The van der Waals surface area contributed by atoms with E-state index in [2.05, 4.69) is 33.0 Å². The van der Waals surface area contributed by atoms with E-state index in [9.17, 15) is 0 Å². The fourth-order valence-corrected chi connectivity index (χ4v) is 1.79. The Morgan fingerprint density at radius 2 is 1.88 bits per heavy atom. The third kappa shape index (κ3) is 2.61. The number of hydrogen-bond donors (Lipinski definition) is 0. The average Bonchev–Trinajstić information content (AvgIpc) is 2.33. The van der Waals surface area contributed by atoms with E-state index >= 15 is 0 Å². The predicted molar refractivity (Wildman–Crippen MR) is 67.4 cm³/mol. The van der Waals surface area contributed by atoms with E-state index in [0.29, 0.717) is 0 Å². The molecule has 0 saturated heterocycles. The molecule has 3 heteroatoms. The molecule has 1 atom stereocenters. The van der Waals surface area contributed by atoms with Crippen molar-refractivity contribution in [3.05, 3.63) is 58.8 Å². The van der Waals surface area contributed by atoms with Crippen molar-refractivity contribution >= 4 is 15.9 Å². The summed E-state index contributed by atoms with van der Waals surface area (Å²) in [5, 5.41) is 0. The zero-order chi connectivity index (χ0) is 11.4. The van der Waals surface area contributed by atoms with Gasteiger partial charge in [-0.05, 0) is 40.5 Å². The number of ether oxygens (including phenoxy) is 1. The van der Waals surface area contributed by atoms with Crippen LogP contribution in [0.15, 0.2) is 53.3 Å². The van der Waals surface area contributed by atoms with E-state index in [1.54, 1.807) is 6.20 Å². The highest BCUT2D eigenvalue weighted by Crippen LogP contribution is 2.26. The van der Waals surface area contributed by atoms with Crippen LogP contribution < -0.4 is 4.74 Å². The highest BCUT2D eigenvalue weighted by molar-refractivity contribution is 9.10. The van der Waals surface area contributed by atoms with Gasteiger partial charge in [-0.25, -0.2) is 4.98 Å². The standard InChI is InChI=1S/C13H12BrNO/c1-10(11-6-3-2-4-7-11)16-12-8-5-9-15-13(12)14/h2-10H,1H3. The van der Waals surface area contributed by atoms with Crippen LogP contribution in [-0.4, -0.2) is 4.98 Å². The summed E-state index contributed by atoms with van der Waals surface area (Å²) in [4.78, 5) is 4.12. The van der Waals surface area contributed by atoms with Crippen molar-refractivity contribution in [2.75, 3.05) is 0 Å². The average molecular weight is 278 g/mol. The van der Waals surface area contributed by atoms with Crippen LogP contribution in [0, 0.1) is 0 Å². The van der Waals surface area contributed by atoms with Gasteiger partial charge in [-0.1, -0.05) is 30.3 Å². The van der Waals surface area contributed by atoms with Crippen molar-refractivity contribution in [2.45, 2.75) is 13.0 Å². The molecule has 82 valence electrons. The Morgan fingerprint density at radius 1 is 1.12 bits per heavy atom. The summed E-state index contributed by atoms with van der Waals surface area (Å²) in [7, 11) is 0. The second-order valence-electron chi connectivity index (χ2n) is 3.46. The number of nitrogens with zero attached hydrogens (tertiary/aromatic N) is 1. The second kappa shape index (κ2) is 5.12. The number of pyridine rings is 1. The van der Waals surface area contributed by atoms with Gasteiger partial charge in [-0.2, -0.15) is 0 Å². The molecular formula is C13H12BrNO. The van der Waals surface area contributed by atoms with Crippen LogP contribution in [0.4, 0.5) is 0 Å². The van der Waals surface area contributed by atoms with Crippen LogP contribution in [0.5, 0.6) is 5.75 Å². The Bertz CT molecular complexity index is 458. The zero-order valence-electron chi connectivity index (χ0n) is 8.93. The quantitative estimate of drug-likeness (QED) is 0.792. The molecule has 0 N–H and O–H groups in total. The van der Waals surface area contributed by atoms with Gasteiger partial charge in [0.2, 0.25) is 0 Å². The fourth-order valence-electron chi connectivity index (χ4n) is 1.44. The molecule has 0 saturated carbocycles. The van der Waals surface area contributed by atoms with Gasteiger partial charge in [0.1, 0.15) is 10.7 Å². The van der Waals surface area contributed by atoms with Crippen molar-refractivity contribution in [2.24, 2.45) is 0 Å². The molecule has 1 aromatic carbocycles. The fraction of sp³-hybridized carbons (Fsp3) is 0.154. The molecule has 0 spiro atoms. The van der Waals surface area contributed by atoms with Gasteiger partial charge in [0.15, 0.2) is 5.75 Å². The molecule has 16 heavy (non-hydrogen) atoms. The van der Waals surface area contributed by atoms with E-state index in [-0.39, 0.29) is 6.10 Å². The SMILES string of the molecule is CC(Oc1cccnc1Br)c1ccccc1. The predicted octanol–water partition coefficient (Wildman–Crippen LogP) is 3.98. The van der Waals surface area contributed by atoms with Crippen LogP contribution >= 0.6 is 15.9 Å². The highest BCUT2D eigenvalue weighted by atomic mass is 79.9. The minimum atomic E-state index is 0.0155. The Balaban J connectivity index is 2.14. The lowest BCUT2D eigenvalue weighted by atomic mass is 10.1. The first-order valence-corrected chi connectivity index (χ1v) is 5.89. The molecule has 0 aliphatic rings. The van der Waals surface area contributed by atoms with Crippen molar-refractivity contribution in [3.63, 3.8) is 0 Å². The van der Waals surface area contributed by atoms with Gasteiger partial charge in [-0.3, -0.25) is 0 Å². The number of aromatic nitrogens is 1. The summed E-state index contributed by atoms with van der Waals surface area (Å²) >= 11 is 3.36. The summed E-state index contributed by atoms with van der Waals surface area (Å²) in [6, 6.07) is 13.9. The summed E-state index contributed by atoms with van der Waals surface area (Å²) in [6.45, 7) is 2.02. The Hall–Kier alpha value is -1.35. The van der Waals surface area contributed by atoms with Gasteiger partial charge in [0.05, 0.1) is 0 Å². The molecular weight excluding hydrogens is 266 g/mol. The monoisotopic (exact) mass is 277 g/mol. The zero-order valence-corrected chi connectivity index (χ0v) is 10.5. The molecule has 1 heterocycles. The topological polar surface area (TPSA) is 22.1 Å². The molecule has 1 aromatic heterocycles. The van der Waals surface area contributed by atoms with E-state index < -0.39 is 0 Å². The Labute approximate surface area is 103 Å². The molecule has 2 nitrogen and oxygen atoms in total. The van der Waals surface area contributed by atoms with Gasteiger partial charge in [0.25, 0.3) is 0 Å². The minimum Gasteiger partial charge on any atom is -0.483 e. The summed E-state index contributed by atoms with van der Waals surface area (Å²) < 4.78 is 6.56. The van der Waals surface area contributed by atoms with Crippen molar-refractivity contribution < 1.29 is 4.74 Å². The summed E-state index contributed by atoms with van der Waals surface area (Å²) in [5.74, 6) is 0.763. The first kappa shape index (κ1) is 11.1. The molecule has 0 aliphatic heterocycles. The van der Waals surface area contributed by atoms with Crippen LogP contribution in [0.25, 0.3) is 0 Å². The van der Waals surface area contributed by atoms with Gasteiger partial charge in [0, 0.05) is 6.20 Å². The van der Waals surface area contributed by atoms with Crippen molar-refractivity contribution in [1.29, 1.82) is 0 Å². The number of benzene rings is 1. The maximum atomic E-state index is 5.82. The number of halogens is 1. The molecule has 0 fully saturated rings. The number of rotatable bonds is 3. The van der Waals surface area contributed by atoms with Crippen molar-refractivity contribution in [1.82, 2.24) is 4.98 Å². The largest absolute Gasteiger partial charge is 0.483 e. The van der Waals surface area contributed by atoms with Crippen LogP contribution in [-0.2, 0) is 0 Å². The molecule has 1 unspecified atom stereocenters. The van der Waals surface area contributed by atoms with E-state index in [1.807, 2.05) is 37.3 Å². The lowest BCUT2D eigenvalue weighted by Gasteiger charge is -2.15. The normalized spacial score (nSPS) is 12.1. The Kier molecular flexibility index (Phi) is 3.57. The molecule has 0 radical (unpaired) electrons. The van der Waals surface area contributed by atoms with Gasteiger partial charge >= 0.3 is 0 Å². The van der Waals surface area contributed by atoms with Crippen LogP contribution in [0.3, 0.4) is 0 Å². The van der Waals surface area contributed by atoms with Gasteiger partial charge < -0.3 is 4.74 Å². The number of hydrogen-bond acceptors (Lipinski definition) is 2. The molecule has 0 amide bonds. The Morgan fingerprint density at radius 3 is 2.56 bits per heavy atom. The van der Waals surface area contributed by atoms with Gasteiger partial charge in [-0.15, -0.1) is 0 Å². The highest BCUT2D eigenvalue weighted by Gasteiger charge is 2.08. The van der Waals surface area contributed by atoms with Crippen LogP contribution in [0.2, 0.25) is 0 Å². The molecule has 2 rings (SSSR count). The maximum absolute atomic E-state index is 5.82. The smallest absolute Gasteiger partial charge is 0.152 e. The summed E-state index contributed by atoms with van der Waals surface area (Å²) in [5.41, 5.74) is 1.15. The van der Waals surface area contributed by atoms with E-state index in [1.165, 1.54) is 0 Å².